The molecular weight excluding hydrogens is 805 g/mol. The van der Waals surface area contributed by atoms with Gasteiger partial charge in [0.1, 0.15) is 13.2 Å². The van der Waals surface area contributed by atoms with E-state index in [0.717, 1.165) is 69.6 Å². The first-order chi connectivity index (χ1) is 31.7. The maximum Gasteiger partial charge on any atom is 0.306 e. The highest BCUT2D eigenvalue weighted by molar-refractivity contribution is 5.71. The Labute approximate surface area is 406 Å². The van der Waals surface area contributed by atoms with Crippen LogP contribution in [0, 0.1) is 11.8 Å². The Kier molecular flexibility index (Phi) is 50.5. The van der Waals surface area contributed by atoms with Crippen molar-refractivity contribution in [1.82, 2.24) is 0 Å². The number of ether oxygens (including phenoxy) is 3. The fourth-order valence-corrected chi connectivity index (χ4v) is 9.05. The molecule has 0 aromatic carbocycles. The second kappa shape index (κ2) is 51.8. The van der Waals surface area contributed by atoms with E-state index in [0.29, 0.717) is 19.3 Å². The zero-order valence-electron chi connectivity index (χ0n) is 44.6. The highest BCUT2D eigenvalue weighted by atomic mass is 16.6. The average Bonchev–Trinajstić information content (AvgIpc) is 3.28. The van der Waals surface area contributed by atoms with Crippen LogP contribution in [0.3, 0.4) is 0 Å². The van der Waals surface area contributed by atoms with Gasteiger partial charge in [0.15, 0.2) is 6.10 Å². The van der Waals surface area contributed by atoms with E-state index in [1.165, 1.54) is 218 Å². The van der Waals surface area contributed by atoms with Crippen LogP contribution in [0.5, 0.6) is 0 Å². The molecule has 6 nitrogen and oxygen atoms in total. The van der Waals surface area contributed by atoms with E-state index in [9.17, 15) is 14.4 Å². The zero-order valence-corrected chi connectivity index (χ0v) is 44.6. The molecule has 386 valence electrons. The summed E-state index contributed by atoms with van der Waals surface area (Å²) in [5.41, 5.74) is 0. The Balaban J connectivity index is 4.30. The first kappa shape index (κ1) is 63.4. The van der Waals surface area contributed by atoms with Crippen molar-refractivity contribution in [3.05, 3.63) is 0 Å². The van der Waals surface area contributed by atoms with E-state index in [4.69, 9.17) is 14.2 Å². The maximum absolute atomic E-state index is 12.8. The van der Waals surface area contributed by atoms with E-state index in [1.807, 2.05) is 0 Å². The van der Waals surface area contributed by atoms with Gasteiger partial charge in [0.05, 0.1) is 0 Å². The van der Waals surface area contributed by atoms with Gasteiger partial charge in [-0.2, -0.15) is 0 Å². The molecule has 0 aliphatic carbocycles. The molecule has 0 fully saturated rings. The Bertz CT molecular complexity index is 993. The van der Waals surface area contributed by atoms with E-state index in [1.54, 1.807) is 0 Å². The molecule has 0 radical (unpaired) electrons. The Morgan fingerprint density at radius 1 is 0.292 bits per heavy atom. The van der Waals surface area contributed by atoms with Crippen LogP contribution in [0.2, 0.25) is 0 Å². The normalized spacial score (nSPS) is 12.0. The Morgan fingerprint density at radius 3 is 0.754 bits per heavy atom. The molecule has 0 saturated heterocycles. The van der Waals surface area contributed by atoms with Crippen molar-refractivity contribution in [3.63, 3.8) is 0 Å². The van der Waals surface area contributed by atoms with Crippen LogP contribution in [-0.4, -0.2) is 37.2 Å². The average molecular weight is 920 g/mol. The summed E-state index contributed by atoms with van der Waals surface area (Å²) in [6, 6.07) is 0. The lowest BCUT2D eigenvalue weighted by atomic mass is 10.0. The molecule has 65 heavy (non-hydrogen) atoms. The Hall–Kier alpha value is -1.59. The molecule has 0 aliphatic rings. The largest absolute Gasteiger partial charge is 0.462 e. The third-order valence-electron chi connectivity index (χ3n) is 13.5. The summed E-state index contributed by atoms with van der Waals surface area (Å²) in [5, 5.41) is 0. The fraction of sp³-hybridized carbons (Fsp3) is 0.949. The molecule has 0 heterocycles. The molecule has 0 amide bonds. The van der Waals surface area contributed by atoms with E-state index in [2.05, 4.69) is 34.6 Å². The number of esters is 3. The van der Waals surface area contributed by atoms with E-state index < -0.39 is 6.10 Å². The van der Waals surface area contributed by atoms with Gasteiger partial charge in [0.25, 0.3) is 0 Å². The highest BCUT2D eigenvalue weighted by Gasteiger charge is 2.19. The van der Waals surface area contributed by atoms with Crippen molar-refractivity contribution in [2.24, 2.45) is 11.8 Å². The van der Waals surface area contributed by atoms with Crippen LogP contribution in [-0.2, 0) is 28.6 Å². The minimum atomic E-state index is -0.763. The molecular formula is C59H114O6. The van der Waals surface area contributed by atoms with Crippen LogP contribution >= 0.6 is 0 Å². The van der Waals surface area contributed by atoms with Crippen molar-refractivity contribution < 1.29 is 28.6 Å². The zero-order chi connectivity index (χ0) is 47.5. The third-order valence-corrected chi connectivity index (χ3v) is 13.5. The number of carbonyl (C=O) groups is 3. The van der Waals surface area contributed by atoms with Crippen molar-refractivity contribution in [3.8, 4) is 0 Å². The second-order valence-corrected chi connectivity index (χ2v) is 21.2. The smallest absolute Gasteiger partial charge is 0.306 e. The predicted molar refractivity (Wildman–Crippen MR) is 280 cm³/mol. The third kappa shape index (κ3) is 53.2. The molecule has 0 saturated carbocycles. The van der Waals surface area contributed by atoms with Crippen molar-refractivity contribution in [2.45, 2.75) is 336 Å². The van der Waals surface area contributed by atoms with Crippen LogP contribution < -0.4 is 0 Å². The highest BCUT2D eigenvalue weighted by Crippen LogP contribution is 2.18. The van der Waals surface area contributed by atoms with Crippen LogP contribution in [0.25, 0.3) is 0 Å². The van der Waals surface area contributed by atoms with Gasteiger partial charge in [-0.05, 0) is 31.1 Å². The van der Waals surface area contributed by atoms with Crippen molar-refractivity contribution in [2.75, 3.05) is 13.2 Å². The lowest BCUT2D eigenvalue weighted by Crippen LogP contribution is -2.30. The first-order valence-electron chi connectivity index (χ1n) is 29.2. The predicted octanol–water partition coefficient (Wildman–Crippen LogP) is 19.3. The lowest BCUT2D eigenvalue weighted by molar-refractivity contribution is -0.167. The second-order valence-electron chi connectivity index (χ2n) is 21.2. The summed E-state index contributed by atoms with van der Waals surface area (Å²) in [4.78, 5) is 38.2. The van der Waals surface area contributed by atoms with Gasteiger partial charge in [-0.1, -0.05) is 291 Å². The Morgan fingerprint density at radius 2 is 0.508 bits per heavy atom. The summed E-state index contributed by atoms with van der Waals surface area (Å²) in [7, 11) is 0. The molecule has 0 N–H and O–H groups in total. The quantitative estimate of drug-likeness (QED) is 0.0344. The van der Waals surface area contributed by atoms with E-state index >= 15 is 0 Å². The molecule has 0 bridgehead atoms. The maximum atomic E-state index is 12.8. The molecule has 0 aliphatic heterocycles. The van der Waals surface area contributed by atoms with E-state index in [-0.39, 0.29) is 31.1 Å². The van der Waals surface area contributed by atoms with Crippen molar-refractivity contribution in [1.29, 1.82) is 0 Å². The first-order valence-corrected chi connectivity index (χ1v) is 29.2. The summed E-state index contributed by atoms with van der Waals surface area (Å²) in [6.07, 6.45) is 55.2. The van der Waals surface area contributed by atoms with Gasteiger partial charge in [-0.15, -0.1) is 0 Å². The summed E-state index contributed by atoms with van der Waals surface area (Å²) < 4.78 is 16.9. The summed E-state index contributed by atoms with van der Waals surface area (Å²) in [6.45, 7) is 11.4. The minimum Gasteiger partial charge on any atom is -0.462 e. The molecule has 0 unspecified atom stereocenters. The fourth-order valence-electron chi connectivity index (χ4n) is 9.05. The van der Waals surface area contributed by atoms with Gasteiger partial charge in [0, 0.05) is 19.3 Å². The SMILES string of the molecule is CCCCCCCCCCCCCCCCCC(=O)OC[C@H](COC(=O)CCCCCCCCCCCCCCCCC(C)C)OC(=O)CCCCCCCCCCCCCCC(C)C. The number of rotatable bonds is 53. The van der Waals surface area contributed by atoms with Gasteiger partial charge >= 0.3 is 17.9 Å². The van der Waals surface area contributed by atoms with Gasteiger partial charge in [-0.3, -0.25) is 14.4 Å². The number of unbranched alkanes of at least 4 members (excludes halogenated alkanes) is 38. The van der Waals surface area contributed by atoms with Gasteiger partial charge in [-0.25, -0.2) is 0 Å². The molecule has 0 aromatic heterocycles. The topological polar surface area (TPSA) is 78.9 Å². The molecule has 0 rings (SSSR count). The van der Waals surface area contributed by atoms with Gasteiger partial charge in [0.2, 0.25) is 0 Å². The summed E-state index contributed by atoms with van der Waals surface area (Å²) in [5.74, 6) is 0.839. The van der Waals surface area contributed by atoms with Crippen LogP contribution in [0.4, 0.5) is 0 Å². The van der Waals surface area contributed by atoms with Crippen molar-refractivity contribution >= 4 is 17.9 Å². The minimum absolute atomic E-state index is 0.0625. The summed E-state index contributed by atoms with van der Waals surface area (Å²) >= 11 is 0. The molecule has 0 aromatic rings. The lowest BCUT2D eigenvalue weighted by Gasteiger charge is -2.18. The standard InChI is InChI=1S/C59H114O6/c1-6-7-8-9-10-11-12-13-14-18-24-29-34-39-44-49-57(60)63-52-56(65-59(62)51-46-41-36-31-26-21-20-23-28-33-38-43-48-55(4)5)53-64-58(61)50-45-40-35-30-25-19-16-15-17-22-27-32-37-42-47-54(2)3/h54-56H,6-53H2,1-5H3/t56-/m1/s1. The number of hydrogen-bond donors (Lipinski definition) is 0. The van der Waals surface area contributed by atoms with Crippen LogP contribution in [0.15, 0.2) is 0 Å². The molecule has 0 spiro atoms. The number of carbonyl (C=O) groups excluding carboxylic acids is 3. The molecule has 1 atom stereocenters. The molecule has 6 heteroatoms. The van der Waals surface area contributed by atoms with Crippen LogP contribution in [0.1, 0.15) is 330 Å². The monoisotopic (exact) mass is 919 g/mol. The number of hydrogen-bond acceptors (Lipinski definition) is 6. The van der Waals surface area contributed by atoms with Gasteiger partial charge < -0.3 is 14.2 Å².